The molecule has 0 aromatic heterocycles. The van der Waals surface area contributed by atoms with Gasteiger partial charge in [-0.2, -0.15) is 0 Å². The second-order valence-corrected chi connectivity index (χ2v) is 17.9. The van der Waals surface area contributed by atoms with Gasteiger partial charge in [0.15, 0.2) is 0 Å². The Labute approximate surface area is 272 Å². The molecule has 6 rings (SSSR count). The summed E-state index contributed by atoms with van der Waals surface area (Å²) in [5, 5.41) is 11.8. The van der Waals surface area contributed by atoms with E-state index in [2.05, 4.69) is 67.5 Å². The molecule has 44 heavy (non-hydrogen) atoms. The SMILES string of the molecule is CC(C)C1=C2[C@H]3CC[C@@H]4[C@@]5(C)CC[C@H](O)C(C)(C)[C@@H]5CC[C@@]4(C)[C@]3(C)CC[C@@]2(C=C(C(N)=O)[C@@H](C)c2cccc(Cl)c2)CC1. The molecule has 3 N–H and O–H groups in total. The van der Waals surface area contributed by atoms with Crippen LogP contribution in [0.2, 0.25) is 5.02 Å². The lowest BCUT2D eigenvalue weighted by Gasteiger charge is -2.72. The Hall–Kier alpha value is -1.58. The molecule has 0 radical (unpaired) electrons. The fourth-order valence-electron chi connectivity index (χ4n) is 12.6. The third-order valence-electron chi connectivity index (χ3n) is 15.2. The molecule has 0 saturated heterocycles. The molecule has 5 aliphatic rings. The first-order valence-electron chi connectivity index (χ1n) is 17.7. The third kappa shape index (κ3) is 4.48. The fraction of sp³-hybridized carbons (Fsp3) is 0.725. The highest BCUT2D eigenvalue weighted by Crippen LogP contribution is 2.77. The highest BCUT2D eigenvalue weighted by molar-refractivity contribution is 6.30. The number of halogens is 1. The number of hydrogen-bond acceptors (Lipinski definition) is 2. The van der Waals surface area contributed by atoms with Crippen LogP contribution in [0.1, 0.15) is 131 Å². The first kappa shape index (κ1) is 32.4. The molecular weight excluding hydrogens is 562 g/mol. The quantitative estimate of drug-likeness (QED) is 0.254. The molecule has 242 valence electrons. The molecule has 0 unspecified atom stereocenters. The van der Waals surface area contributed by atoms with Crippen LogP contribution >= 0.6 is 11.6 Å². The van der Waals surface area contributed by atoms with Gasteiger partial charge in [-0.3, -0.25) is 4.79 Å². The number of primary amides is 1. The predicted octanol–water partition coefficient (Wildman–Crippen LogP) is 10.0. The maximum atomic E-state index is 13.2. The molecule has 4 heteroatoms. The van der Waals surface area contributed by atoms with Gasteiger partial charge >= 0.3 is 0 Å². The van der Waals surface area contributed by atoms with Gasteiger partial charge in [-0.1, -0.05) is 96.3 Å². The van der Waals surface area contributed by atoms with Crippen molar-refractivity contribution in [2.24, 2.45) is 56.5 Å². The van der Waals surface area contributed by atoms with Gasteiger partial charge in [-0.05, 0) is 127 Å². The summed E-state index contributed by atoms with van der Waals surface area (Å²) in [6.45, 7) is 19.5. The number of nitrogens with two attached hydrogens (primary N) is 1. The molecule has 9 atom stereocenters. The predicted molar refractivity (Wildman–Crippen MR) is 182 cm³/mol. The lowest BCUT2D eigenvalue weighted by molar-refractivity contribution is -0.227. The third-order valence-corrected chi connectivity index (χ3v) is 15.5. The molecule has 5 aliphatic carbocycles. The number of hydrogen-bond donors (Lipinski definition) is 2. The highest BCUT2D eigenvalue weighted by Gasteiger charge is 2.69. The molecule has 4 fully saturated rings. The molecule has 0 bridgehead atoms. The van der Waals surface area contributed by atoms with Crippen LogP contribution in [0.4, 0.5) is 0 Å². The largest absolute Gasteiger partial charge is 0.393 e. The summed E-state index contributed by atoms with van der Waals surface area (Å²) < 4.78 is 0. The number of amides is 1. The average molecular weight is 620 g/mol. The zero-order valence-electron chi connectivity index (χ0n) is 28.7. The van der Waals surface area contributed by atoms with E-state index >= 15 is 0 Å². The van der Waals surface area contributed by atoms with Crippen LogP contribution in [-0.2, 0) is 4.79 Å². The van der Waals surface area contributed by atoms with Crippen molar-refractivity contribution in [1.29, 1.82) is 0 Å². The number of aliphatic hydroxyl groups excluding tert-OH is 1. The van der Waals surface area contributed by atoms with E-state index in [1.807, 2.05) is 18.2 Å². The molecule has 4 saturated carbocycles. The van der Waals surface area contributed by atoms with Crippen molar-refractivity contribution in [2.45, 2.75) is 132 Å². The van der Waals surface area contributed by atoms with Gasteiger partial charge in [-0.25, -0.2) is 0 Å². The van der Waals surface area contributed by atoms with Crippen LogP contribution in [0.15, 0.2) is 47.1 Å². The van der Waals surface area contributed by atoms with Crippen molar-refractivity contribution >= 4 is 17.5 Å². The van der Waals surface area contributed by atoms with Gasteiger partial charge in [0.2, 0.25) is 5.91 Å². The number of aliphatic hydroxyl groups is 1. The first-order chi connectivity index (χ1) is 20.5. The lowest BCUT2D eigenvalue weighted by Crippen LogP contribution is -2.65. The van der Waals surface area contributed by atoms with E-state index in [9.17, 15) is 9.90 Å². The minimum atomic E-state index is -0.304. The molecule has 1 amide bonds. The smallest absolute Gasteiger partial charge is 0.244 e. The van der Waals surface area contributed by atoms with Gasteiger partial charge in [0.1, 0.15) is 0 Å². The number of carbonyl (C=O) groups is 1. The zero-order chi connectivity index (χ0) is 32.0. The van der Waals surface area contributed by atoms with Crippen molar-refractivity contribution in [1.82, 2.24) is 0 Å². The summed E-state index contributed by atoms with van der Waals surface area (Å²) in [6, 6.07) is 7.91. The summed E-state index contributed by atoms with van der Waals surface area (Å²) in [5.74, 6) is 1.88. The van der Waals surface area contributed by atoms with Gasteiger partial charge < -0.3 is 10.8 Å². The summed E-state index contributed by atoms with van der Waals surface area (Å²) in [4.78, 5) is 13.2. The Kier molecular flexibility index (Phi) is 7.89. The molecular formula is C40H58ClNO2. The summed E-state index contributed by atoms with van der Waals surface area (Å²) in [5.41, 5.74) is 12.0. The van der Waals surface area contributed by atoms with Gasteiger partial charge in [0, 0.05) is 21.9 Å². The molecule has 0 spiro atoms. The molecule has 0 aliphatic heterocycles. The van der Waals surface area contributed by atoms with Crippen molar-refractivity contribution in [3.05, 3.63) is 57.6 Å². The average Bonchev–Trinajstić information content (AvgIpc) is 3.34. The van der Waals surface area contributed by atoms with E-state index in [0.29, 0.717) is 28.7 Å². The van der Waals surface area contributed by atoms with Crippen LogP contribution in [0.3, 0.4) is 0 Å². The number of benzene rings is 1. The fourth-order valence-corrected chi connectivity index (χ4v) is 12.8. The monoisotopic (exact) mass is 619 g/mol. The molecule has 3 nitrogen and oxygen atoms in total. The van der Waals surface area contributed by atoms with Gasteiger partial charge in [0.25, 0.3) is 0 Å². The first-order valence-corrected chi connectivity index (χ1v) is 18.1. The Morgan fingerprint density at radius 2 is 1.66 bits per heavy atom. The summed E-state index contributed by atoms with van der Waals surface area (Å²) in [7, 11) is 0. The maximum absolute atomic E-state index is 13.2. The van der Waals surface area contributed by atoms with Crippen LogP contribution in [0.5, 0.6) is 0 Å². The number of rotatable bonds is 5. The maximum Gasteiger partial charge on any atom is 0.244 e. The number of carbonyl (C=O) groups excluding carboxylic acids is 1. The molecule has 1 aromatic rings. The van der Waals surface area contributed by atoms with Crippen molar-refractivity contribution in [3.63, 3.8) is 0 Å². The highest BCUT2D eigenvalue weighted by atomic mass is 35.5. The standard InChI is InChI=1S/C40H58ClNO2/c1-24(2)28-14-19-40(23-29(35(42)44)25(3)26-10-9-11-27(41)22-26)21-20-38(7)30(34(28)40)12-13-32-37(6)17-16-33(43)36(4,5)31(37)15-18-39(32,38)8/h9-11,22-25,30-33,43H,12-21H2,1-8H3,(H2,42,44)/t25-,30+,31-,32+,33-,37-,38+,39+,40+/m0/s1. The van der Waals surface area contributed by atoms with E-state index in [1.54, 1.807) is 11.1 Å². The van der Waals surface area contributed by atoms with Crippen LogP contribution in [0, 0.1) is 50.7 Å². The number of fused-ring (bicyclic) bond motifs is 7. The Bertz CT molecular complexity index is 1390. The Morgan fingerprint density at radius 3 is 2.32 bits per heavy atom. The van der Waals surface area contributed by atoms with Crippen molar-refractivity contribution in [2.75, 3.05) is 0 Å². The van der Waals surface area contributed by atoms with E-state index in [-0.39, 0.29) is 45.0 Å². The van der Waals surface area contributed by atoms with E-state index in [4.69, 9.17) is 17.3 Å². The Morgan fingerprint density at radius 1 is 0.932 bits per heavy atom. The number of allylic oxidation sites excluding steroid dienone is 3. The molecule has 1 aromatic carbocycles. The van der Waals surface area contributed by atoms with Crippen molar-refractivity contribution < 1.29 is 9.90 Å². The van der Waals surface area contributed by atoms with E-state index in [1.165, 1.54) is 32.1 Å². The second-order valence-electron chi connectivity index (χ2n) is 17.5. The lowest BCUT2D eigenvalue weighted by atomic mass is 9.33. The van der Waals surface area contributed by atoms with Crippen LogP contribution < -0.4 is 5.73 Å². The van der Waals surface area contributed by atoms with Gasteiger partial charge in [0.05, 0.1) is 6.10 Å². The van der Waals surface area contributed by atoms with Gasteiger partial charge in [-0.15, -0.1) is 0 Å². The minimum Gasteiger partial charge on any atom is -0.393 e. The zero-order valence-corrected chi connectivity index (χ0v) is 29.5. The topological polar surface area (TPSA) is 63.3 Å². The van der Waals surface area contributed by atoms with Crippen LogP contribution in [-0.4, -0.2) is 17.1 Å². The van der Waals surface area contributed by atoms with E-state index in [0.717, 1.165) is 43.2 Å². The van der Waals surface area contributed by atoms with E-state index < -0.39 is 0 Å². The molecule has 0 heterocycles. The summed E-state index contributed by atoms with van der Waals surface area (Å²) >= 11 is 6.39. The Balaban J connectivity index is 1.43. The summed E-state index contributed by atoms with van der Waals surface area (Å²) in [6.07, 6.45) is 13.7. The minimum absolute atomic E-state index is 0.0256. The normalized spacial score (nSPS) is 42.3. The van der Waals surface area contributed by atoms with Crippen LogP contribution in [0.25, 0.3) is 0 Å². The second kappa shape index (κ2) is 10.7. The van der Waals surface area contributed by atoms with Crippen molar-refractivity contribution in [3.8, 4) is 0 Å².